The predicted octanol–water partition coefficient (Wildman–Crippen LogP) is 3.91. The minimum Gasteiger partial charge on any atom is -0.508 e. The van der Waals surface area contributed by atoms with Crippen LogP contribution in [0.15, 0.2) is 36.4 Å². The van der Waals surface area contributed by atoms with E-state index in [1.807, 2.05) is 19.1 Å². The van der Waals surface area contributed by atoms with Crippen molar-refractivity contribution in [3.63, 3.8) is 0 Å². The first-order chi connectivity index (χ1) is 16.9. The van der Waals surface area contributed by atoms with E-state index in [9.17, 15) is 20.1 Å². The number of rotatable bonds is 17. The van der Waals surface area contributed by atoms with Crippen LogP contribution in [0, 0.1) is 6.92 Å². The SMILES string of the molecule is Cc1c(CCCCOCCCCCCNC[C@H](O)c2ccc(O)c(CO)c2)cccc1NC(N)=O. The van der Waals surface area contributed by atoms with Crippen LogP contribution in [0.4, 0.5) is 10.5 Å². The zero-order valence-corrected chi connectivity index (χ0v) is 20.8. The monoisotopic (exact) mass is 487 g/mol. The number of aliphatic hydroxyl groups is 2. The third-order valence-corrected chi connectivity index (χ3v) is 6.08. The molecule has 2 rings (SSSR count). The van der Waals surface area contributed by atoms with E-state index in [1.165, 1.54) is 11.6 Å². The summed E-state index contributed by atoms with van der Waals surface area (Å²) >= 11 is 0. The lowest BCUT2D eigenvalue weighted by Crippen LogP contribution is -2.22. The van der Waals surface area contributed by atoms with Gasteiger partial charge in [-0.3, -0.25) is 0 Å². The van der Waals surface area contributed by atoms with Crippen molar-refractivity contribution >= 4 is 11.7 Å². The van der Waals surface area contributed by atoms with Gasteiger partial charge in [-0.25, -0.2) is 4.79 Å². The fraction of sp³-hybridized carbons (Fsp3) is 0.519. The van der Waals surface area contributed by atoms with E-state index in [1.54, 1.807) is 12.1 Å². The molecule has 0 aromatic heterocycles. The number of nitrogens with two attached hydrogens (primary N) is 1. The Morgan fingerprint density at radius 3 is 2.51 bits per heavy atom. The van der Waals surface area contributed by atoms with Crippen molar-refractivity contribution in [3.05, 3.63) is 58.7 Å². The van der Waals surface area contributed by atoms with Crippen molar-refractivity contribution in [2.24, 2.45) is 5.73 Å². The number of urea groups is 1. The molecule has 0 heterocycles. The topological polar surface area (TPSA) is 137 Å². The highest BCUT2D eigenvalue weighted by molar-refractivity contribution is 5.88. The Morgan fingerprint density at radius 2 is 1.77 bits per heavy atom. The number of phenols is 1. The highest BCUT2D eigenvalue weighted by atomic mass is 16.5. The summed E-state index contributed by atoms with van der Waals surface area (Å²) in [6, 6.07) is 10.1. The Labute approximate surface area is 208 Å². The average molecular weight is 488 g/mol. The third-order valence-electron chi connectivity index (χ3n) is 6.08. The number of primary amides is 1. The number of carbonyl (C=O) groups excluding carboxylic acids is 1. The lowest BCUT2D eigenvalue weighted by Gasteiger charge is -2.14. The molecule has 0 unspecified atom stereocenters. The number of carbonyl (C=O) groups is 1. The lowest BCUT2D eigenvalue weighted by molar-refractivity contribution is 0.126. The number of hydrogen-bond donors (Lipinski definition) is 6. The summed E-state index contributed by atoms with van der Waals surface area (Å²) in [5, 5.41) is 35.0. The smallest absolute Gasteiger partial charge is 0.316 e. The first-order valence-electron chi connectivity index (χ1n) is 12.5. The van der Waals surface area contributed by atoms with Gasteiger partial charge in [-0.1, -0.05) is 31.0 Å². The van der Waals surface area contributed by atoms with Crippen molar-refractivity contribution in [1.29, 1.82) is 0 Å². The van der Waals surface area contributed by atoms with E-state index >= 15 is 0 Å². The molecule has 0 radical (unpaired) electrons. The van der Waals surface area contributed by atoms with E-state index in [0.29, 0.717) is 17.7 Å². The highest BCUT2D eigenvalue weighted by Gasteiger charge is 2.10. The summed E-state index contributed by atoms with van der Waals surface area (Å²) < 4.78 is 5.76. The number of anilines is 1. The second kappa shape index (κ2) is 16.1. The largest absolute Gasteiger partial charge is 0.508 e. The molecule has 0 spiro atoms. The number of aryl methyl sites for hydroxylation is 1. The van der Waals surface area contributed by atoms with Crippen LogP contribution in [0.5, 0.6) is 5.75 Å². The van der Waals surface area contributed by atoms with Crippen LogP contribution in [-0.2, 0) is 17.8 Å². The van der Waals surface area contributed by atoms with Crippen LogP contribution in [0.1, 0.15) is 66.9 Å². The lowest BCUT2D eigenvalue weighted by atomic mass is 10.0. The quantitative estimate of drug-likeness (QED) is 0.187. The Kier molecular flexibility index (Phi) is 13.2. The molecule has 0 bridgehead atoms. The van der Waals surface area contributed by atoms with Gasteiger partial charge in [0.2, 0.25) is 0 Å². The van der Waals surface area contributed by atoms with Crippen molar-refractivity contribution in [2.45, 2.75) is 64.6 Å². The molecule has 8 heteroatoms. The van der Waals surface area contributed by atoms with Crippen LogP contribution in [0.25, 0.3) is 0 Å². The van der Waals surface area contributed by atoms with E-state index in [-0.39, 0.29) is 12.4 Å². The molecule has 8 nitrogen and oxygen atoms in total. The van der Waals surface area contributed by atoms with Gasteiger partial charge in [-0.15, -0.1) is 0 Å². The van der Waals surface area contributed by atoms with Crippen molar-refractivity contribution in [1.82, 2.24) is 5.32 Å². The van der Waals surface area contributed by atoms with Gasteiger partial charge in [0.05, 0.1) is 12.7 Å². The Balaban J connectivity index is 1.44. The molecule has 0 aliphatic heterocycles. The number of benzene rings is 2. The third kappa shape index (κ3) is 10.7. The number of aromatic hydroxyl groups is 1. The first kappa shape index (κ1) is 28.6. The maximum absolute atomic E-state index is 11.1. The van der Waals surface area contributed by atoms with Gasteiger partial charge in [0.25, 0.3) is 0 Å². The minimum absolute atomic E-state index is 0.0391. The summed E-state index contributed by atoms with van der Waals surface area (Å²) in [7, 11) is 0. The Bertz CT molecular complexity index is 906. The van der Waals surface area contributed by atoms with Crippen LogP contribution in [0.2, 0.25) is 0 Å². The number of aliphatic hydroxyl groups excluding tert-OH is 2. The van der Waals surface area contributed by atoms with Crippen LogP contribution in [0.3, 0.4) is 0 Å². The number of ether oxygens (including phenoxy) is 1. The van der Waals surface area contributed by atoms with Gasteiger partial charge in [-0.2, -0.15) is 0 Å². The Morgan fingerprint density at radius 1 is 1.03 bits per heavy atom. The van der Waals surface area contributed by atoms with Gasteiger partial charge in [0.1, 0.15) is 5.75 Å². The number of hydrogen-bond acceptors (Lipinski definition) is 6. The van der Waals surface area contributed by atoms with Crippen LogP contribution >= 0.6 is 0 Å². The summed E-state index contributed by atoms with van der Waals surface area (Å²) in [6.45, 7) is 4.54. The molecule has 35 heavy (non-hydrogen) atoms. The molecule has 194 valence electrons. The number of unbranched alkanes of at least 4 members (excludes halogenated alkanes) is 4. The highest BCUT2D eigenvalue weighted by Crippen LogP contribution is 2.22. The maximum atomic E-state index is 11.1. The summed E-state index contributed by atoms with van der Waals surface area (Å²) in [5.41, 5.74) is 9.37. The van der Waals surface area contributed by atoms with Crippen molar-refractivity contribution < 1.29 is 24.9 Å². The molecule has 0 fully saturated rings. The average Bonchev–Trinajstić information content (AvgIpc) is 2.84. The molecule has 2 aromatic carbocycles. The molecular weight excluding hydrogens is 446 g/mol. The molecule has 0 saturated heterocycles. The minimum atomic E-state index is -0.672. The molecule has 2 amide bonds. The van der Waals surface area contributed by atoms with Crippen molar-refractivity contribution in [3.8, 4) is 5.75 Å². The normalized spacial score (nSPS) is 12.0. The molecule has 1 atom stereocenters. The van der Waals surface area contributed by atoms with Gasteiger partial charge in [0, 0.05) is 31.0 Å². The summed E-state index contributed by atoms with van der Waals surface area (Å²) in [6.07, 6.45) is 6.60. The fourth-order valence-electron chi connectivity index (χ4n) is 3.95. The van der Waals surface area contributed by atoms with Crippen LogP contribution < -0.4 is 16.4 Å². The van der Waals surface area contributed by atoms with Crippen LogP contribution in [-0.4, -0.2) is 47.7 Å². The van der Waals surface area contributed by atoms with E-state index in [4.69, 9.17) is 10.5 Å². The van der Waals surface area contributed by atoms with Gasteiger partial charge >= 0.3 is 6.03 Å². The van der Waals surface area contributed by atoms with E-state index < -0.39 is 12.1 Å². The summed E-state index contributed by atoms with van der Waals surface area (Å²) in [4.78, 5) is 11.1. The molecule has 7 N–H and O–H groups in total. The number of nitrogens with one attached hydrogen (secondary N) is 2. The Hall–Kier alpha value is -2.65. The predicted molar refractivity (Wildman–Crippen MR) is 138 cm³/mol. The summed E-state index contributed by atoms with van der Waals surface area (Å²) in [5.74, 6) is 0.0391. The van der Waals surface area contributed by atoms with Crippen molar-refractivity contribution in [2.75, 3.05) is 31.6 Å². The van der Waals surface area contributed by atoms with Gasteiger partial charge in [-0.05, 0) is 80.5 Å². The van der Waals surface area contributed by atoms with E-state index in [0.717, 1.165) is 76.0 Å². The fourth-order valence-corrected chi connectivity index (χ4v) is 3.95. The standard InChI is InChI=1S/C27H41N3O5/c1-20-21(10-8-11-24(20)30-27(28)34)9-4-7-16-35-15-6-3-2-5-14-29-18-26(33)22-12-13-25(32)23(17-22)19-31/h8,10-13,17,26,29,31-33H,2-7,9,14-16,18-19H2,1H3,(H3,28,30,34)/t26-/m0/s1. The molecule has 0 aliphatic carbocycles. The van der Waals surface area contributed by atoms with E-state index in [2.05, 4.69) is 16.7 Å². The zero-order chi connectivity index (χ0) is 25.5. The zero-order valence-electron chi connectivity index (χ0n) is 20.8. The maximum Gasteiger partial charge on any atom is 0.316 e. The molecule has 0 saturated carbocycles. The van der Waals surface area contributed by atoms with Gasteiger partial charge in [0.15, 0.2) is 0 Å². The first-order valence-corrected chi connectivity index (χ1v) is 12.5. The molecule has 2 aromatic rings. The second-order valence-corrected chi connectivity index (χ2v) is 8.83. The second-order valence-electron chi connectivity index (χ2n) is 8.83. The van der Waals surface area contributed by atoms with Gasteiger partial charge < -0.3 is 36.4 Å². The number of amides is 2. The molecule has 0 aliphatic rings. The molecular formula is C27H41N3O5.